The minimum Gasteiger partial charge on any atom is -0.387 e. The van der Waals surface area contributed by atoms with E-state index in [1.54, 1.807) is 6.20 Å². The lowest BCUT2D eigenvalue weighted by molar-refractivity contribution is 0.173. The Morgan fingerprint density at radius 2 is 2.12 bits per heavy atom. The minimum absolute atomic E-state index is 0.198. The average molecular weight is 330 g/mol. The number of nitrogens with one attached hydrogen (secondary N) is 2. The summed E-state index contributed by atoms with van der Waals surface area (Å²) in [5, 5.41) is 15.6. The summed E-state index contributed by atoms with van der Waals surface area (Å²) < 4.78 is 2.10. The number of aromatic nitrogens is 2. The van der Waals surface area contributed by atoms with Gasteiger partial charge in [0.1, 0.15) is 5.82 Å². The van der Waals surface area contributed by atoms with Gasteiger partial charge in [-0.05, 0) is 32.3 Å². The highest BCUT2D eigenvalue weighted by molar-refractivity contribution is 5.73. The summed E-state index contributed by atoms with van der Waals surface area (Å²) in [6, 6.07) is 7.40. The van der Waals surface area contributed by atoms with Gasteiger partial charge in [0.15, 0.2) is 0 Å². The van der Waals surface area contributed by atoms with Crippen molar-refractivity contribution in [3.63, 3.8) is 0 Å². The van der Waals surface area contributed by atoms with E-state index in [-0.39, 0.29) is 12.6 Å². The molecule has 0 spiro atoms. The number of unbranched alkanes of at least 4 members (excludes halogenated alkanes) is 1. The zero-order chi connectivity index (χ0) is 17.4. The minimum atomic E-state index is -0.695. The summed E-state index contributed by atoms with van der Waals surface area (Å²) in [5.41, 5.74) is 1.90. The standard InChI is InChI=1S/C18H26N4O2/c1-14-6-5-7-16(12-14)17(23)13-21-18(24)20-8-3-4-10-22-11-9-19-15(22)2/h5-7,9,11-12,17,23H,3-4,8,10,13H2,1-2H3,(H2,20,21,24). The topological polar surface area (TPSA) is 79.2 Å². The number of urea groups is 1. The van der Waals surface area contributed by atoms with Crippen LogP contribution in [0.25, 0.3) is 0 Å². The van der Waals surface area contributed by atoms with E-state index in [1.165, 1.54) is 0 Å². The largest absolute Gasteiger partial charge is 0.387 e. The van der Waals surface area contributed by atoms with Crippen LogP contribution in [0.1, 0.15) is 35.9 Å². The van der Waals surface area contributed by atoms with Crippen LogP contribution >= 0.6 is 0 Å². The van der Waals surface area contributed by atoms with E-state index in [0.717, 1.165) is 36.3 Å². The molecule has 0 aliphatic heterocycles. The van der Waals surface area contributed by atoms with Crippen LogP contribution in [0.4, 0.5) is 4.79 Å². The quantitative estimate of drug-likeness (QED) is 0.650. The van der Waals surface area contributed by atoms with Gasteiger partial charge in [0.2, 0.25) is 0 Å². The van der Waals surface area contributed by atoms with Crippen LogP contribution < -0.4 is 10.6 Å². The van der Waals surface area contributed by atoms with Crippen LogP contribution in [-0.2, 0) is 6.54 Å². The zero-order valence-electron chi connectivity index (χ0n) is 14.3. The smallest absolute Gasteiger partial charge is 0.314 e. The fourth-order valence-corrected chi connectivity index (χ4v) is 2.50. The summed E-state index contributed by atoms with van der Waals surface area (Å²) in [6.45, 7) is 5.66. The number of hydrogen-bond donors (Lipinski definition) is 3. The molecule has 130 valence electrons. The molecule has 1 atom stereocenters. The Morgan fingerprint density at radius 3 is 2.83 bits per heavy atom. The molecule has 0 saturated heterocycles. The number of benzene rings is 1. The highest BCUT2D eigenvalue weighted by Crippen LogP contribution is 2.13. The van der Waals surface area contributed by atoms with E-state index in [1.807, 2.05) is 44.3 Å². The Kier molecular flexibility index (Phi) is 6.81. The first-order valence-electron chi connectivity index (χ1n) is 8.30. The Bertz CT molecular complexity index is 654. The molecule has 1 unspecified atom stereocenters. The molecule has 0 bridgehead atoms. The normalized spacial score (nSPS) is 12.0. The van der Waals surface area contributed by atoms with E-state index < -0.39 is 6.10 Å². The second-order valence-corrected chi connectivity index (χ2v) is 5.94. The number of hydrogen-bond acceptors (Lipinski definition) is 3. The van der Waals surface area contributed by atoms with Gasteiger partial charge >= 0.3 is 6.03 Å². The van der Waals surface area contributed by atoms with Crippen LogP contribution in [0, 0.1) is 13.8 Å². The monoisotopic (exact) mass is 330 g/mol. The molecule has 2 amide bonds. The van der Waals surface area contributed by atoms with Crippen molar-refractivity contribution in [3.8, 4) is 0 Å². The molecule has 24 heavy (non-hydrogen) atoms. The number of rotatable bonds is 8. The second-order valence-electron chi connectivity index (χ2n) is 5.94. The number of nitrogens with zero attached hydrogens (tertiary/aromatic N) is 2. The predicted octanol–water partition coefficient (Wildman–Crippen LogP) is 2.31. The van der Waals surface area contributed by atoms with Crippen LogP contribution in [-0.4, -0.2) is 33.8 Å². The van der Waals surface area contributed by atoms with E-state index in [0.29, 0.717) is 6.54 Å². The lowest BCUT2D eigenvalue weighted by atomic mass is 10.1. The van der Waals surface area contributed by atoms with E-state index in [9.17, 15) is 9.90 Å². The number of carbonyl (C=O) groups excluding carboxylic acids is 1. The summed E-state index contributed by atoms with van der Waals surface area (Å²) in [7, 11) is 0. The average Bonchev–Trinajstić information content (AvgIpc) is 2.97. The first kappa shape index (κ1) is 18.0. The molecule has 0 saturated carbocycles. The van der Waals surface area contributed by atoms with Gasteiger partial charge in [-0.15, -0.1) is 0 Å². The van der Waals surface area contributed by atoms with E-state index in [4.69, 9.17) is 0 Å². The van der Waals surface area contributed by atoms with Gasteiger partial charge in [0.05, 0.1) is 6.10 Å². The number of amides is 2. The number of aliphatic hydroxyl groups excluding tert-OH is 1. The predicted molar refractivity (Wildman–Crippen MR) is 93.7 cm³/mol. The van der Waals surface area contributed by atoms with Crippen molar-refractivity contribution in [1.82, 2.24) is 20.2 Å². The van der Waals surface area contributed by atoms with Crippen molar-refractivity contribution in [1.29, 1.82) is 0 Å². The molecule has 0 fully saturated rings. The molecule has 0 radical (unpaired) electrons. The lowest BCUT2D eigenvalue weighted by Crippen LogP contribution is -2.38. The highest BCUT2D eigenvalue weighted by atomic mass is 16.3. The third-order valence-electron chi connectivity index (χ3n) is 3.92. The maximum Gasteiger partial charge on any atom is 0.314 e. The molecule has 6 heteroatoms. The van der Waals surface area contributed by atoms with Gasteiger partial charge in [0, 0.05) is 32.0 Å². The maximum absolute atomic E-state index is 11.7. The molecular formula is C18H26N4O2. The van der Waals surface area contributed by atoms with Gasteiger partial charge in [-0.1, -0.05) is 29.8 Å². The van der Waals surface area contributed by atoms with Crippen LogP contribution in [0.5, 0.6) is 0 Å². The third kappa shape index (κ3) is 5.70. The SMILES string of the molecule is Cc1cccc(C(O)CNC(=O)NCCCCn2ccnc2C)c1. The van der Waals surface area contributed by atoms with Gasteiger partial charge < -0.3 is 20.3 Å². The highest BCUT2D eigenvalue weighted by Gasteiger charge is 2.09. The number of aliphatic hydroxyl groups is 1. The lowest BCUT2D eigenvalue weighted by Gasteiger charge is -2.13. The van der Waals surface area contributed by atoms with Gasteiger partial charge in [-0.2, -0.15) is 0 Å². The second kappa shape index (κ2) is 9.08. The summed E-state index contributed by atoms with van der Waals surface area (Å²) in [4.78, 5) is 15.9. The molecule has 1 heterocycles. The maximum atomic E-state index is 11.7. The van der Waals surface area contributed by atoms with Crippen molar-refractivity contribution in [3.05, 3.63) is 53.6 Å². The molecule has 1 aromatic heterocycles. The van der Waals surface area contributed by atoms with Gasteiger partial charge in [0.25, 0.3) is 0 Å². The molecule has 3 N–H and O–H groups in total. The molecule has 2 rings (SSSR count). The van der Waals surface area contributed by atoms with Crippen LogP contribution in [0.2, 0.25) is 0 Å². The summed E-state index contributed by atoms with van der Waals surface area (Å²) in [5.74, 6) is 1.01. The Balaban J connectivity index is 1.59. The first-order chi connectivity index (χ1) is 11.6. The zero-order valence-corrected chi connectivity index (χ0v) is 14.3. The van der Waals surface area contributed by atoms with Crippen molar-refractivity contribution in [2.45, 2.75) is 39.3 Å². The molecular weight excluding hydrogens is 304 g/mol. The molecule has 0 aliphatic carbocycles. The van der Waals surface area contributed by atoms with E-state index >= 15 is 0 Å². The first-order valence-corrected chi connectivity index (χ1v) is 8.30. The van der Waals surface area contributed by atoms with Crippen LogP contribution in [0.15, 0.2) is 36.7 Å². The van der Waals surface area contributed by atoms with Crippen LogP contribution in [0.3, 0.4) is 0 Å². The molecule has 1 aromatic carbocycles. The van der Waals surface area contributed by atoms with Crippen molar-refractivity contribution >= 4 is 6.03 Å². The number of imidazole rings is 1. The third-order valence-corrected chi connectivity index (χ3v) is 3.92. The molecule has 2 aromatic rings. The van der Waals surface area contributed by atoms with Gasteiger partial charge in [-0.3, -0.25) is 0 Å². The summed E-state index contributed by atoms with van der Waals surface area (Å²) in [6.07, 6.45) is 4.93. The van der Waals surface area contributed by atoms with Crippen molar-refractivity contribution < 1.29 is 9.90 Å². The number of carbonyl (C=O) groups is 1. The van der Waals surface area contributed by atoms with Gasteiger partial charge in [-0.25, -0.2) is 9.78 Å². The Hall–Kier alpha value is -2.34. The van der Waals surface area contributed by atoms with Crippen molar-refractivity contribution in [2.75, 3.05) is 13.1 Å². The fourth-order valence-electron chi connectivity index (χ4n) is 2.50. The summed E-state index contributed by atoms with van der Waals surface area (Å²) >= 11 is 0. The molecule has 0 aliphatic rings. The fraction of sp³-hybridized carbons (Fsp3) is 0.444. The molecule has 6 nitrogen and oxygen atoms in total. The Labute approximate surface area is 142 Å². The Morgan fingerprint density at radius 1 is 1.29 bits per heavy atom. The number of aryl methyl sites for hydroxylation is 3. The van der Waals surface area contributed by atoms with Crippen molar-refractivity contribution in [2.24, 2.45) is 0 Å². The van der Waals surface area contributed by atoms with E-state index in [2.05, 4.69) is 20.2 Å².